The molecule has 11 heteroatoms. The number of aromatic nitrogens is 5. The molecule has 1 saturated carbocycles. The fourth-order valence-electron chi connectivity index (χ4n) is 3.59. The molecule has 0 saturated heterocycles. The van der Waals surface area contributed by atoms with Gasteiger partial charge in [-0.1, -0.05) is 12.3 Å². The summed E-state index contributed by atoms with van der Waals surface area (Å²) in [6.45, 7) is 4.53. The van der Waals surface area contributed by atoms with Gasteiger partial charge >= 0.3 is 51.4 Å². The van der Waals surface area contributed by atoms with Crippen molar-refractivity contribution in [2.45, 2.75) is 31.0 Å². The van der Waals surface area contributed by atoms with E-state index in [1.807, 2.05) is 10.7 Å². The maximum atomic E-state index is 11.9. The standard InChI is InChI=1S/C19H22N7O2.K.V/c1-3-20-13-4-5-14(16(8-13)28-2)26-15-9-17(23-10-12(15)11-24-26)25-18-19(27)22-7-6-21-18;;/h4,6-7,9-10,13-14,16,20H,1,3,5,8H2,2H3,(H,22,27)(H,21,23,25);;/q-3;+1;. The molecule has 3 aromatic heterocycles. The molecule has 9 nitrogen and oxygen atoms in total. The van der Waals surface area contributed by atoms with E-state index in [1.54, 1.807) is 13.3 Å². The number of nitrogens with one attached hydrogen (secondary N) is 3. The number of methoxy groups -OCH3 is 1. The molecule has 3 heterocycles. The van der Waals surface area contributed by atoms with Crippen LogP contribution in [0.1, 0.15) is 18.9 Å². The van der Waals surface area contributed by atoms with E-state index in [-0.39, 0.29) is 99.5 Å². The molecular weight excluding hydrogens is 448 g/mol. The second kappa shape index (κ2) is 11.9. The van der Waals surface area contributed by atoms with Crippen molar-refractivity contribution in [3.05, 3.63) is 54.6 Å². The van der Waals surface area contributed by atoms with Crippen molar-refractivity contribution < 1.29 is 74.7 Å². The number of aromatic amines is 1. The molecule has 1 aliphatic rings. The van der Waals surface area contributed by atoms with Gasteiger partial charge in [-0.25, -0.2) is 4.98 Å². The molecule has 3 N–H and O–H groups in total. The van der Waals surface area contributed by atoms with E-state index in [0.29, 0.717) is 12.4 Å². The van der Waals surface area contributed by atoms with Crippen LogP contribution in [-0.2, 0) is 23.3 Å². The van der Waals surface area contributed by atoms with Crippen LogP contribution in [0.5, 0.6) is 0 Å². The summed E-state index contributed by atoms with van der Waals surface area (Å²) in [5.41, 5.74) is 0.559. The largest absolute Gasteiger partial charge is 1.00 e. The SMILES string of the molecule is [CH2-]CNC1[CH-]CC(n2n[c-]c3cnc(Nc4ncc[nH]c4=O)cc32)C(OC)C1.[K+].[V]. The van der Waals surface area contributed by atoms with Gasteiger partial charge in [0.05, 0.1) is 6.10 Å². The van der Waals surface area contributed by atoms with Gasteiger partial charge in [0.1, 0.15) is 5.82 Å². The van der Waals surface area contributed by atoms with Gasteiger partial charge < -0.3 is 43.4 Å². The topological polar surface area (TPSA) is 110 Å². The quantitative estimate of drug-likeness (QED) is 0.294. The van der Waals surface area contributed by atoms with E-state index in [4.69, 9.17) is 4.74 Å². The molecule has 30 heavy (non-hydrogen) atoms. The van der Waals surface area contributed by atoms with Crippen LogP contribution in [0.15, 0.2) is 29.5 Å². The van der Waals surface area contributed by atoms with Crippen LogP contribution >= 0.6 is 0 Å². The van der Waals surface area contributed by atoms with Crippen molar-refractivity contribution in [2.75, 3.05) is 19.0 Å². The third-order valence-corrected chi connectivity index (χ3v) is 4.96. The zero-order valence-corrected chi connectivity index (χ0v) is 21.5. The smallest absolute Gasteiger partial charge is 0.379 e. The molecule has 3 aromatic rings. The van der Waals surface area contributed by atoms with Gasteiger partial charge in [0.2, 0.25) is 0 Å². The molecule has 0 amide bonds. The fourth-order valence-corrected chi connectivity index (χ4v) is 3.59. The van der Waals surface area contributed by atoms with Crippen LogP contribution in [0.4, 0.5) is 11.6 Å². The summed E-state index contributed by atoms with van der Waals surface area (Å²) >= 11 is 0. The minimum absolute atomic E-state index is 0. The predicted molar refractivity (Wildman–Crippen MR) is 105 cm³/mol. The number of anilines is 2. The fraction of sp³-hybridized carbons (Fsp3) is 0.368. The first-order valence-electron chi connectivity index (χ1n) is 9.15. The Morgan fingerprint density at radius 1 is 1.47 bits per heavy atom. The predicted octanol–water partition coefficient (Wildman–Crippen LogP) is -1.59. The van der Waals surface area contributed by atoms with Crippen molar-refractivity contribution in [3.63, 3.8) is 0 Å². The zero-order chi connectivity index (χ0) is 19.5. The van der Waals surface area contributed by atoms with Gasteiger partial charge in [-0.3, -0.25) is 9.89 Å². The summed E-state index contributed by atoms with van der Waals surface area (Å²) in [6.07, 6.45) is 11.6. The van der Waals surface area contributed by atoms with Gasteiger partial charge in [0.25, 0.3) is 5.56 Å². The van der Waals surface area contributed by atoms with E-state index >= 15 is 0 Å². The van der Waals surface area contributed by atoms with Crippen molar-refractivity contribution >= 4 is 22.5 Å². The summed E-state index contributed by atoms with van der Waals surface area (Å²) < 4.78 is 7.68. The number of ether oxygens (including phenoxy) is 1. The van der Waals surface area contributed by atoms with E-state index in [1.165, 1.54) is 12.4 Å². The number of fused-ring (bicyclic) bond motifs is 1. The van der Waals surface area contributed by atoms with Crippen LogP contribution in [0.25, 0.3) is 10.9 Å². The number of pyridine rings is 1. The number of hydrogen-bond acceptors (Lipinski definition) is 7. The van der Waals surface area contributed by atoms with E-state index in [9.17, 15) is 4.79 Å². The maximum Gasteiger partial charge on any atom is 1.00 e. The first-order chi connectivity index (χ1) is 13.7. The zero-order valence-electron chi connectivity index (χ0n) is 17.0. The molecular formula is C19H22KN7O2V-2. The average molecular weight is 470 g/mol. The summed E-state index contributed by atoms with van der Waals surface area (Å²) in [6, 6.07) is 2.18. The van der Waals surface area contributed by atoms with Gasteiger partial charge in [-0.15, -0.1) is 18.0 Å². The Kier molecular flexibility index (Phi) is 10.2. The van der Waals surface area contributed by atoms with Crippen LogP contribution in [0.3, 0.4) is 0 Å². The summed E-state index contributed by atoms with van der Waals surface area (Å²) in [7, 11) is 1.72. The van der Waals surface area contributed by atoms with Crippen LogP contribution in [0, 0.1) is 19.5 Å². The Morgan fingerprint density at radius 3 is 3.03 bits per heavy atom. The Bertz CT molecular complexity index is 1010. The normalized spacial score (nSPS) is 20.9. The monoisotopic (exact) mass is 470 g/mol. The van der Waals surface area contributed by atoms with E-state index in [2.05, 4.69) is 50.2 Å². The molecule has 0 aromatic carbocycles. The molecule has 1 radical (unpaired) electrons. The van der Waals surface area contributed by atoms with Gasteiger partial charge in [-0.2, -0.15) is 6.42 Å². The minimum Gasteiger partial charge on any atom is -0.379 e. The molecule has 3 unspecified atom stereocenters. The van der Waals surface area contributed by atoms with Crippen LogP contribution in [0.2, 0.25) is 0 Å². The van der Waals surface area contributed by atoms with Crippen molar-refractivity contribution in [2.24, 2.45) is 0 Å². The Morgan fingerprint density at radius 2 is 2.30 bits per heavy atom. The summed E-state index contributed by atoms with van der Waals surface area (Å²) in [5, 5.41) is 11.6. The molecule has 3 atom stereocenters. The van der Waals surface area contributed by atoms with Crippen LogP contribution < -0.4 is 67.6 Å². The third-order valence-electron chi connectivity index (χ3n) is 4.96. The van der Waals surface area contributed by atoms with E-state index < -0.39 is 0 Å². The summed E-state index contributed by atoms with van der Waals surface area (Å²) in [5.74, 6) is 0.699. The molecule has 153 valence electrons. The Hall–Kier alpha value is -0.559. The molecule has 1 fully saturated rings. The summed E-state index contributed by atoms with van der Waals surface area (Å²) in [4.78, 5) is 22.8. The molecule has 1 aliphatic carbocycles. The second-order valence-corrected chi connectivity index (χ2v) is 6.64. The molecule has 4 rings (SSSR count). The van der Waals surface area contributed by atoms with E-state index in [0.717, 1.165) is 23.7 Å². The van der Waals surface area contributed by atoms with Crippen molar-refractivity contribution in [1.82, 2.24) is 30.0 Å². The Labute approximate surface area is 229 Å². The number of rotatable bonds is 6. The first-order valence-corrected chi connectivity index (χ1v) is 9.15. The number of nitrogens with zero attached hydrogens (tertiary/aromatic N) is 4. The maximum absolute atomic E-state index is 11.9. The molecule has 0 aliphatic heterocycles. The average Bonchev–Trinajstić information content (AvgIpc) is 3.13. The molecule has 0 spiro atoms. The molecule has 0 bridgehead atoms. The number of hydrogen-bond donors (Lipinski definition) is 3. The first kappa shape index (κ1) is 25.7. The van der Waals surface area contributed by atoms with Crippen LogP contribution in [-0.4, -0.2) is 50.5 Å². The number of H-pyrrole nitrogens is 1. The second-order valence-electron chi connectivity index (χ2n) is 6.64. The third kappa shape index (κ3) is 5.62. The van der Waals surface area contributed by atoms with Crippen molar-refractivity contribution in [3.8, 4) is 0 Å². The van der Waals surface area contributed by atoms with Gasteiger partial charge in [-0.05, 0) is 18.1 Å². The van der Waals surface area contributed by atoms with Crippen molar-refractivity contribution in [1.29, 1.82) is 0 Å². The Balaban J connectivity index is 0.00000160. The van der Waals surface area contributed by atoms with Gasteiger partial charge in [0.15, 0.2) is 5.82 Å². The minimum atomic E-state index is -0.310. The van der Waals surface area contributed by atoms with Gasteiger partial charge in [0, 0.05) is 44.1 Å².